The largest absolute Gasteiger partial charge is 0.348 e. The summed E-state index contributed by atoms with van der Waals surface area (Å²) in [4.78, 5) is 0. The SMILES string of the molecule is CN(c1ccccc1)P(C(Cl)(Cl)Cl)C(Cl)(Cl)Cc1ccccc1. The van der Waals surface area contributed by atoms with Crippen LogP contribution in [0.1, 0.15) is 5.56 Å². The number of benzene rings is 2. The van der Waals surface area contributed by atoms with Crippen LogP contribution in [0.25, 0.3) is 0 Å². The van der Waals surface area contributed by atoms with E-state index in [0.29, 0.717) is 6.42 Å². The molecular weight excluding hydrogens is 414 g/mol. The van der Waals surface area contributed by atoms with Gasteiger partial charge >= 0.3 is 0 Å². The number of anilines is 1. The van der Waals surface area contributed by atoms with Crippen molar-refractivity contribution in [1.82, 2.24) is 0 Å². The number of hydrogen-bond donors (Lipinski definition) is 0. The lowest BCUT2D eigenvalue weighted by atomic mass is 10.2. The fourth-order valence-electron chi connectivity index (χ4n) is 2.25. The molecule has 0 fully saturated rings. The molecule has 124 valence electrons. The van der Waals surface area contributed by atoms with Crippen LogP contribution in [0.3, 0.4) is 0 Å². The van der Waals surface area contributed by atoms with E-state index in [-0.39, 0.29) is 0 Å². The van der Waals surface area contributed by atoms with Gasteiger partial charge < -0.3 is 4.67 Å². The maximum atomic E-state index is 6.67. The lowest BCUT2D eigenvalue weighted by molar-refractivity contribution is 1.000. The molecule has 0 bridgehead atoms. The second-order valence-corrected chi connectivity index (χ2v) is 12.7. The van der Waals surface area contributed by atoms with Crippen LogP contribution in [-0.2, 0) is 6.42 Å². The summed E-state index contributed by atoms with van der Waals surface area (Å²) in [5.41, 5.74) is 1.88. The molecule has 0 saturated carbocycles. The van der Waals surface area contributed by atoms with Gasteiger partial charge in [0, 0.05) is 19.2 Å². The highest BCUT2D eigenvalue weighted by atomic mass is 35.6. The van der Waals surface area contributed by atoms with E-state index >= 15 is 0 Å². The quantitative estimate of drug-likeness (QED) is 0.358. The third-order valence-corrected chi connectivity index (χ3v) is 8.00. The number of rotatable bonds is 5. The first-order valence-corrected chi connectivity index (χ1v) is 9.98. The third kappa shape index (κ3) is 5.30. The van der Waals surface area contributed by atoms with Crippen molar-refractivity contribution in [3.05, 3.63) is 66.2 Å². The van der Waals surface area contributed by atoms with Crippen molar-refractivity contribution in [2.24, 2.45) is 0 Å². The Labute approximate surface area is 163 Å². The minimum absolute atomic E-state index is 0.383. The summed E-state index contributed by atoms with van der Waals surface area (Å²) >= 11 is 32.1. The summed E-state index contributed by atoms with van der Waals surface area (Å²) in [7, 11) is 0.295. The Bertz CT molecular complexity index is 615. The number of para-hydroxylation sites is 1. The van der Waals surface area contributed by atoms with E-state index in [2.05, 4.69) is 0 Å². The van der Waals surface area contributed by atoms with E-state index in [9.17, 15) is 0 Å². The van der Waals surface area contributed by atoms with Crippen LogP contribution >= 0.6 is 66.1 Å². The highest BCUT2D eigenvalue weighted by Crippen LogP contribution is 2.71. The van der Waals surface area contributed by atoms with E-state index in [1.807, 2.05) is 72.4 Å². The van der Waals surface area contributed by atoms with Crippen LogP contribution in [0.15, 0.2) is 60.7 Å². The Morgan fingerprint density at radius 2 is 1.30 bits per heavy atom. The molecule has 23 heavy (non-hydrogen) atoms. The first-order valence-electron chi connectivity index (χ1n) is 6.79. The van der Waals surface area contributed by atoms with Crippen molar-refractivity contribution in [2.45, 2.75) is 14.0 Å². The zero-order chi connectivity index (χ0) is 17.1. The molecule has 0 amide bonds. The fourth-order valence-corrected chi connectivity index (χ4v) is 8.94. The van der Waals surface area contributed by atoms with Crippen LogP contribution in [0.2, 0.25) is 0 Å². The number of hydrogen-bond acceptors (Lipinski definition) is 1. The molecule has 1 nitrogen and oxygen atoms in total. The zero-order valence-electron chi connectivity index (χ0n) is 12.3. The van der Waals surface area contributed by atoms with Gasteiger partial charge in [-0.05, 0) is 17.7 Å². The van der Waals surface area contributed by atoms with Crippen molar-refractivity contribution < 1.29 is 0 Å². The van der Waals surface area contributed by atoms with Gasteiger partial charge in [-0.3, -0.25) is 0 Å². The van der Waals surface area contributed by atoms with Crippen molar-refractivity contribution in [2.75, 3.05) is 11.7 Å². The lowest BCUT2D eigenvalue weighted by Crippen LogP contribution is -2.31. The third-order valence-electron chi connectivity index (χ3n) is 3.24. The fraction of sp³-hybridized carbons (Fsp3) is 0.250. The van der Waals surface area contributed by atoms with Crippen LogP contribution in [-0.4, -0.2) is 14.7 Å². The summed E-state index contributed by atoms with van der Waals surface area (Å²) in [5, 5.41) is 0. The first-order chi connectivity index (χ1) is 10.7. The van der Waals surface area contributed by atoms with Gasteiger partial charge in [-0.1, -0.05) is 107 Å². The molecule has 1 unspecified atom stereocenters. The summed E-state index contributed by atoms with van der Waals surface area (Å²) in [6.07, 6.45) is 0.383. The molecule has 7 heteroatoms. The predicted molar refractivity (Wildman–Crippen MR) is 107 cm³/mol. The standard InChI is InChI=1S/C16H15Cl5NP/c1-22(14-10-6-3-7-11-14)23(16(19,20)21)15(17,18)12-13-8-4-2-5-9-13/h2-11H,12H2,1H3. The molecule has 2 aromatic carbocycles. The normalized spacial score (nSPS) is 13.7. The Morgan fingerprint density at radius 1 is 0.826 bits per heavy atom. The molecule has 0 spiro atoms. The van der Waals surface area contributed by atoms with E-state index in [1.54, 1.807) is 0 Å². The summed E-state index contributed by atoms with van der Waals surface area (Å²) in [5.74, 6) is 0. The van der Waals surface area contributed by atoms with Crippen molar-refractivity contribution >= 4 is 71.8 Å². The Morgan fingerprint density at radius 3 is 1.78 bits per heavy atom. The molecule has 0 aliphatic heterocycles. The average molecular weight is 430 g/mol. The van der Waals surface area contributed by atoms with Gasteiger partial charge in [-0.25, -0.2) is 0 Å². The van der Waals surface area contributed by atoms with Gasteiger partial charge in [0.2, 0.25) is 3.53 Å². The van der Waals surface area contributed by atoms with Gasteiger partial charge in [0.25, 0.3) is 0 Å². The molecule has 1 atom stereocenters. The maximum Gasteiger partial charge on any atom is 0.230 e. The molecule has 2 aromatic rings. The summed E-state index contributed by atoms with van der Waals surface area (Å²) in [6.45, 7) is 0. The molecule has 0 radical (unpaired) electrons. The highest BCUT2D eigenvalue weighted by molar-refractivity contribution is 7.72. The molecular formula is C16H15Cl5NP. The smallest absolute Gasteiger partial charge is 0.230 e. The molecule has 0 saturated heterocycles. The predicted octanol–water partition coefficient (Wildman–Crippen LogP) is 7.22. The van der Waals surface area contributed by atoms with Gasteiger partial charge in [0.05, 0.1) is 8.07 Å². The molecule has 2 rings (SSSR count). The van der Waals surface area contributed by atoms with E-state index in [4.69, 9.17) is 58.0 Å². The first kappa shape index (κ1) is 19.4. The average Bonchev–Trinajstić information content (AvgIpc) is 2.47. The van der Waals surface area contributed by atoms with E-state index in [0.717, 1.165) is 11.3 Å². The number of alkyl halides is 5. The zero-order valence-corrected chi connectivity index (χ0v) is 16.9. The van der Waals surface area contributed by atoms with Crippen molar-refractivity contribution in [3.8, 4) is 0 Å². The van der Waals surface area contributed by atoms with Crippen LogP contribution < -0.4 is 4.67 Å². The van der Waals surface area contributed by atoms with Crippen LogP contribution in [0, 0.1) is 0 Å². The van der Waals surface area contributed by atoms with Crippen LogP contribution in [0.5, 0.6) is 0 Å². The molecule has 0 N–H and O–H groups in total. The van der Waals surface area contributed by atoms with E-state index in [1.165, 1.54) is 0 Å². The topological polar surface area (TPSA) is 3.24 Å². The number of halogens is 5. The van der Waals surface area contributed by atoms with Crippen LogP contribution in [0.4, 0.5) is 5.69 Å². The molecule has 0 heterocycles. The Hall–Kier alpha value is 0.120. The van der Waals surface area contributed by atoms with Crippen molar-refractivity contribution in [3.63, 3.8) is 0 Å². The van der Waals surface area contributed by atoms with Gasteiger partial charge in [-0.2, -0.15) is 0 Å². The monoisotopic (exact) mass is 427 g/mol. The Kier molecular flexibility index (Phi) is 6.76. The molecule has 0 aliphatic carbocycles. The minimum Gasteiger partial charge on any atom is -0.348 e. The maximum absolute atomic E-state index is 6.67. The lowest BCUT2D eigenvalue weighted by Gasteiger charge is -2.41. The molecule has 0 aliphatic rings. The van der Waals surface area contributed by atoms with Gasteiger partial charge in [0.15, 0.2) is 4.07 Å². The number of nitrogens with zero attached hydrogens (tertiary/aromatic N) is 1. The van der Waals surface area contributed by atoms with Crippen molar-refractivity contribution in [1.29, 1.82) is 0 Å². The summed E-state index contributed by atoms with van der Waals surface area (Å²) in [6, 6.07) is 19.3. The van der Waals surface area contributed by atoms with E-state index < -0.39 is 15.7 Å². The molecule has 0 aromatic heterocycles. The highest BCUT2D eigenvalue weighted by Gasteiger charge is 2.50. The summed E-state index contributed by atoms with van der Waals surface area (Å²) < 4.78 is -0.962. The van der Waals surface area contributed by atoms with Gasteiger partial charge in [0.1, 0.15) is 0 Å². The second kappa shape index (κ2) is 8.00. The minimum atomic E-state index is -1.60. The van der Waals surface area contributed by atoms with Gasteiger partial charge in [-0.15, -0.1) is 0 Å². The Balaban J connectivity index is 2.34. The second-order valence-electron chi connectivity index (χ2n) is 4.97.